The van der Waals surface area contributed by atoms with Crippen molar-refractivity contribution >= 4 is 17.5 Å². The van der Waals surface area contributed by atoms with E-state index >= 15 is 0 Å². The molecular formula is C18H22ClFN2O2. The van der Waals surface area contributed by atoms with Gasteiger partial charge in [0.05, 0.1) is 17.7 Å². The van der Waals surface area contributed by atoms with Crippen molar-refractivity contribution in [1.82, 2.24) is 9.80 Å². The molecule has 1 aromatic rings. The first-order chi connectivity index (χ1) is 11.6. The molecule has 0 saturated carbocycles. The second-order valence-electron chi connectivity index (χ2n) is 7.18. The van der Waals surface area contributed by atoms with Crippen molar-refractivity contribution in [3.63, 3.8) is 0 Å². The minimum Gasteiger partial charge on any atom is -0.376 e. The lowest BCUT2D eigenvalue weighted by Gasteiger charge is -2.24. The Bertz CT molecular complexity index is 641. The van der Waals surface area contributed by atoms with Gasteiger partial charge in [-0.05, 0) is 24.1 Å². The molecule has 3 heterocycles. The molecule has 0 bridgehead atoms. The molecule has 0 radical (unpaired) electrons. The van der Waals surface area contributed by atoms with Gasteiger partial charge in [-0.2, -0.15) is 0 Å². The van der Waals surface area contributed by atoms with Crippen LogP contribution >= 0.6 is 11.6 Å². The molecule has 4 rings (SSSR count). The summed E-state index contributed by atoms with van der Waals surface area (Å²) in [7, 11) is 0. The molecule has 3 atom stereocenters. The van der Waals surface area contributed by atoms with E-state index in [0.717, 1.165) is 44.8 Å². The quantitative estimate of drug-likeness (QED) is 0.835. The van der Waals surface area contributed by atoms with Crippen molar-refractivity contribution in [1.29, 1.82) is 0 Å². The largest absolute Gasteiger partial charge is 0.376 e. The van der Waals surface area contributed by atoms with Gasteiger partial charge >= 0.3 is 0 Å². The summed E-state index contributed by atoms with van der Waals surface area (Å²) in [6, 6.07) is 5.00. The number of halogens is 2. The maximum absolute atomic E-state index is 13.6. The monoisotopic (exact) mass is 352 g/mol. The summed E-state index contributed by atoms with van der Waals surface area (Å²) in [6.45, 7) is 4.99. The molecule has 0 N–H and O–H groups in total. The maximum Gasteiger partial charge on any atom is 0.222 e. The summed E-state index contributed by atoms with van der Waals surface area (Å²) in [4.78, 5) is 16.2. The number of nitrogens with zero attached hydrogens (tertiary/aromatic N) is 2. The molecule has 3 fully saturated rings. The Balaban J connectivity index is 1.36. The van der Waals surface area contributed by atoms with E-state index in [4.69, 9.17) is 16.3 Å². The van der Waals surface area contributed by atoms with Crippen molar-refractivity contribution < 1.29 is 13.9 Å². The highest BCUT2D eigenvalue weighted by Crippen LogP contribution is 2.35. The average molecular weight is 353 g/mol. The van der Waals surface area contributed by atoms with Crippen LogP contribution in [-0.2, 0) is 16.1 Å². The molecule has 0 aliphatic carbocycles. The third-order valence-electron chi connectivity index (χ3n) is 5.53. The number of amides is 1. The van der Waals surface area contributed by atoms with Gasteiger partial charge in [-0.3, -0.25) is 9.69 Å². The van der Waals surface area contributed by atoms with Crippen LogP contribution in [0.4, 0.5) is 4.39 Å². The SMILES string of the molecule is O=C1CCCN1C[C@@H]1CO[C@@H]2CN(Cc3ccc(Cl)c(F)c3)C[C@H]12. The predicted octanol–water partition coefficient (Wildman–Crippen LogP) is 2.55. The first-order valence-electron chi connectivity index (χ1n) is 8.66. The number of hydrogen-bond acceptors (Lipinski definition) is 3. The summed E-state index contributed by atoms with van der Waals surface area (Å²) in [5.41, 5.74) is 0.933. The Labute approximate surface area is 146 Å². The van der Waals surface area contributed by atoms with Crippen LogP contribution in [0.5, 0.6) is 0 Å². The number of benzene rings is 1. The summed E-state index contributed by atoms with van der Waals surface area (Å²) >= 11 is 5.75. The van der Waals surface area contributed by atoms with Crippen molar-refractivity contribution in [3.8, 4) is 0 Å². The molecule has 3 saturated heterocycles. The molecule has 0 spiro atoms. The van der Waals surface area contributed by atoms with Crippen LogP contribution < -0.4 is 0 Å². The van der Waals surface area contributed by atoms with Crippen LogP contribution in [0.3, 0.4) is 0 Å². The second-order valence-corrected chi connectivity index (χ2v) is 7.59. The van der Waals surface area contributed by atoms with Gasteiger partial charge in [-0.15, -0.1) is 0 Å². The van der Waals surface area contributed by atoms with Gasteiger partial charge in [0, 0.05) is 51.0 Å². The second kappa shape index (κ2) is 6.62. The van der Waals surface area contributed by atoms with Gasteiger partial charge in [0.15, 0.2) is 0 Å². The normalized spacial score (nSPS) is 30.3. The van der Waals surface area contributed by atoms with E-state index in [0.29, 0.717) is 24.8 Å². The topological polar surface area (TPSA) is 32.8 Å². The van der Waals surface area contributed by atoms with Crippen LogP contribution in [0.2, 0.25) is 5.02 Å². The first-order valence-corrected chi connectivity index (χ1v) is 9.03. The fourth-order valence-corrected chi connectivity index (χ4v) is 4.39. The van der Waals surface area contributed by atoms with Crippen molar-refractivity contribution in [2.45, 2.75) is 25.5 Å². The van der Waals surface area contributed by atoms with Gasteiger partial charge in [-0.25, -0.2) is 4.39 Å². The number of hydrogen-bond donors (Lipinski definition) is 0. The Kier molecular flexibility index (Phi) is 4.50. The predicted molar refractivity (Wildman–Crippen MR) is 89.2 cm³/mol. The van der Waals surface area contributed by atoms with Gasteiger partial charge in [0.1, 0.15) is 5.82 Å². The standard InChI is InChI=1S/C18H22ClFN2O2/c19-15-4-3-12(6-16(15)20)7-21-9-14-13(11-24-17(14)10-21)8-22-5-1-2-18(22)23/h3-4,6,13-14,17H,1-2,5,7-11H2/t13-,14-,17-/m1/s1. The van der Waals surface area contributed by atoms with E-state index in [-0.39, 0.29) is 22.9 Å². The lowest BCUT2D eigenvalue weighted by Crippen LogP contribution is -2.35. The van der Waals surface area contributed by atoms with Crippen molar-refractivity contribution in [2.75, 3.05) is 32.8 Å². The molecule has 1 amide bonds. The first kappa shape index (κ1) is 16.3. The molecule has 3 aliphatic rings. The number of fused-ring (bicyclic) bond motifs is 1. The zero-order valence-corrected chi connectivity index (χ0v) is 14.3. The number of carbonyl (C=O) groups is 1. The fourth-order valence-electron chi connectivity index (χ4n) is 4.27. The van der Waals surface area contributed by atoms with Crippen LogP contribution in [0.15, 0.2) is 18.2 Å². The summed E-state index contributed by atoms with van der Waals surface area (Å²) in [5.74, 6) is 0.805. The summed E-state index contributed by atoms with van der Waals surface area (Å²) in [5, 5.41) is 0.163. The lowest BCUT2D eigenvalue weighted by atomic mass is 9.93. The van der Waals surface area contributed by atoms with Crippen LogP contribution in [0.25, 0.3) is 0 Å². The molecule has 6 heteroatoms. The highest BCUT2D eigenvalue weighted by Gasteiger charge is 2.44. The van der Waals surface area contributed by atoms with E-state index < -0.39 is 0 Å². The zero-order valence-electron chi connectivity index (χ0n) is 13.6. The van der Waals surface area contributed by atoms with Gasteiger partial charge in [0.2, 0.25) is 5.91 Å². The Morgan fingerprint density at radius 3 is 2.96 bits per heavy atom. The Hall–Kier alpha value is -1.17. The fraction of sp³-hybridized carbons (Fsp3) is 0.611. The molecule has 0 aromatic heterocycles. The Morgan fingerprint density at radius 2 is 2.21 bits per heavy atom. The molecule has 4 nitrogen and oxygen atoms in total. The van der Waals surface area contributed by atoms with Gasteiger partial charge in [0.25, 0.3) is 0 Å². The van der Waals surface area contributed by atoms with Crippen LogP contribution in [0, 0.1) is 17.7 Å². The highest BCUT2D eigenvalue weighted by atomic mass is 35.5. The number of likely N-dealkylation sites (tertiary alicyclic amines) is 2. The van der Waals surface area contributed by atoms with Gasteiger partial charge < -0.3 is 9.64 Å². The smallest absolute Gasteiger partial charge is 0.222 e. The van der Waals surface area contributed by atoms with E-state index in [1.807, 2.05) is 11.0 Å². The average Bonchev–Trinajstić information content (AvgIpc) is 3.22. The van der Waals surface area contributed by atoms with Crippen molar-refractivity contribution in [2.24, 2.45) is 11.8 Å². The summed E-state index contributed by atoms with van der Waals surface area (Å²) in [6.07, 6.45) is 1.91. The third kappa shape index (κ3) is 3.17. The van der Waals surface area contributed by atoms with E-state index in [2.05, 4.69) is 4.90 Å². The maximum atomic E-state index is 13.6. The number of carbonyl (C=O) groups excluding carboxylic acids is 1. The molecule has 3 aliphatic heterocycles. The van der Waals surface area contributed by atoms with E-state index in [9.17, 15) is 9.18 Å². The zero-order chi connectivity index (χ0) is 16.7. The van der Waals surface area contributed by atoms with Crippen LogP contribution in [0.1, 0.15) is 18.4 Å². The molecule has 130 valence electrons. The minimum atomic E-state index is -0.366. The molecular weight excluding hydrogens is 331 g/mol. The minimum absolute atomic E-state index is 0.163. The molecule has 1 aromatic carbocycles. The van der Waals surface area contributed by atoms with E-state index in [1.54, 1.807) is 6.07 Å². The number of ether oxygens (including phenoxy) is 1. The van der Waals surface area contributed by atoms with Crippen molar-refractivity contribution in [3.05, 3.63) is 34.6 Å². The molecule has 24 heavy (non-hydrogen) atoms. The third-order valence-corrected chi connectivity index (χ3v) is 5.84. The summed E-state index contributed by atoms with van der Waals surface area (Å²) < 4.78 is 19.6. The highest BCUT2D eigenvalue weighted by molar-refractivity contribution is 6.30. The number of rotatable bonds is 4. The molecule has 0 unspecified atom stereocenters. The van der Waals surface area contributed by atoms with E-state index in [1.165, 1.54) is 6.07 Å². The Morgan fingerprint density at radius 1 is 1.33 bits per heavy atom. The van der Waals surface area contributed by atoms with Gasteiger partial charge in [-0.1, -0.05) is 17.7 Å². The lowest BCUT2D eigenvalue weighted by molar-refractivity contribution is -0.128. The van der Waals surface area contributed by atoms with Crippen LogP contribution in [-0.4, -0.2) is 54.6 Å².